The molecule has 19 heavy (non-hydrogen) atoms. The highest BCUT2D eigenvalue weighted by atomic mass is 35.5. The summed E-state index contributed by atoms with van der Waals surface area (Å²) in [6.45, 7) is 7.44. The van der Waals surface area contributed by atoms with Gasteiger partial charge in [-0.25, -0.2) is 4.98 Å². The first-order chi connectivity index (χ1) is 9.20. The van der Waals surface area contributed by atoms with Gasteiger partial charge in [0.05, 0.1) is 17.3 Å². The second kappa shape index (κ2) is 5.27. The Kier molecular flexibility index (Phi) is 3.65. The van der Waals surface area contributed by atoms with Gasteiger partial charge in [-0.15, -0.1) is 0 Å². The average Bonchev–Trinajstić information content (AvgIpc) is 2.74. The second-order valence-corrected chi connectivity index (χ2v) is 5.72. The topological polar surface area (TPSA) is 37.4 Å². The number of piperazine rings is 1. The maximum Gasteiger partial charge on any atom is 0.132 e. The molecular weight excluding hydrogens is 262 g/mol. The van der Waals surface area contributed by atoms with Gasteiger partial charge in [0.2, 0.25) is 0 Å². The van der Waals surface area contributed by atoms with Crippen LogP contribution in [0.2, 0.25) is 5.02 Å². The van der Waals surface area contributed by atoms with Gasteiger partial charge >= 0.3 is 0 Å². The third kappa shape index (κ3) is 2.33. The summed E-state index contributed by atoms with van der Waals surface area (Å²) in [5.74, 6) is 1.11. The number of ether oxygens (including phenoxy) is 1. The smallest absolute Gasteiger partial charge is 0.132 e. The zero-order valence-corrected chi connectivity index (χ0v) is 12.2. The van der Waals surface area contributed by atoms with E-state index < -0.39 is 0 Å². The molecule has 5 heteroatoms. The summed E-state index contributed by atoms with van der Waals surface area (Å²) in [5, 5.41) is 4.21. The van der Waals surface area contributed by atoms with Gasteiger partial charge in [0.15, 0.2) is 0 Å². The van der Waals surface area contributed by atoms with Gasteiger partial charge in [0.1, 0.15) is 5.82 Å². The van der Waals surface area contributed by atoms with Gasteiger partial charge in [0.25, 0.3) is 0 Å². The highest BCUT2D eigenvalue weighted by Crippen LogP contribution is 2.36. The Balaban J connectivity index is 1.93. The highest BCUT2D eigenvalue weighted by Gasteiger charge is 2.36. The molecule has 1 aromatic rings. The van der Waals surface area contributed by atoms with Crippen molar-refractivity contribution in [1.82, 2.24) is 10.3 Å². The second-order valence-electron chi connectivity index (χ2n) is 5.31. The Morgan fingerprint density at radius 2 is 2.37 bits per heavy atom. The maximum atomic E-state index is 6.30. The largest absolute Gasteiger partial charge is 0.375 e. The summed E-state index contributed by atoms with van der Waals surface area (Å²) in [7, 11) is 0. The number of hydrogen-bond donors (Lipinski definition) is 1. The molecule has 3 rings (SSSR count). The molecule has 0 unspecified atom stereocenters. The number of anilines is 1. The predicted molar refractivity (Wildman–Crippen MR) is 76.9 cm³/mol. The average molecular weight is 282 g/mol. The van der Waals surface area contributed by atoms with E-state index in [-0.39, 0.29) is 0 Å². The Labute approximate surface area is 119 Å². The SMILES string of the molecule is CCOCc1nc2c(cc1Cl)C[C@@H]1CNC[C@@H](C)N21. The minimum Gasteiger partial charge on any atom is -0.375 e. The van der Waals surface area contributed by atoms with Crippen molar-refractivity contribution in [2.24, 2.45) is 0 Å². The summed E-state index contributed by atoms with van der Waals surface area (Å²) in [6.07, 6.45) is 1.04. The van der Waals surface area contributed by atoms with Crippen LogP contribution in [0.15, 0.2) is 6.07 Å². The molecule has 2 atom stereocenters. The molecule has 0 spiro atoms. The van der Waals surface area contributed by atoms with Gasteiger partial charge in [-0.1, -0.05) is 11.6 Å². The first-order valence-corrected chi connectivity index (χ1v) is 7.33. The molecule has 0 aliphatic carbocycles. The van der Waals surface area contributed by atoms with E-state index in [2.05, 4.69) is 23.2 Å². The summed E-state index contributed by atoms with van der Waals surface area (Å²) in [5.41, 5.74) is 2.12. The van der Waals surface area contributed by atoms with E-state index >= 15 is 0 Å². The van der Waals surface area contributed by atoms with Crippen molar-refractivity contribution in [3.05, 3.63) is 22.3 Å². The van der Waals surface area contributed by atoms with Crippen LogP contribution in [-0.4, -0.2) is 36.8 Å². The fourth-order valence-electron chi connectivity index (χ4n) is 3.05. The first-order valence-electron chi connectivity index (χ1n) is 6.95. The number of nitrogens with one attached hydrogen (secondary N) is 1. The van der Waals surface area contributed by atoms with E-state index in [1.165, 1.54) is 5.56 Å². The van der Waals surface area contributed by atoms with Crippen molar-refractivity contribution in [3.8, 4) is 0 Å². The molecule has 0 radical (unpaired) electrons. The third-order valence-corrected chi connectivity index (χ3v) is 4.26. The predicted octanol–water partition coefficient (Wildman–Crippen LogP) is 1.99. The number of hydrogen-bond acceptors (Lipinski definition) is 4. The molecule has 0 bridgehead atoms. The Morgan fingerprint density at radius 3 is 3.16 bits per heavy atom. The van der Waals surface area contributed by atoms with Crippen LogP contribution >= 0.6 is 11.6 Å². The molecule has 2 aliphatic rings. The summed E-state index contributed by atoms with van der Waals surface area (Å²) in [6, 6.07) is 3.07. The normalized spacial score (nSPS) is 25.3. The van der Waals surface area contributed by atoms with Crippen molar-refractivity contribution in [3.63, 3.8) is 0 Å². The van der Waals surface area contributed by atoms with Crippen LogP contribution in [0.5, 0.6) is 0 Å². The fourth-order valence-corrected chi connectivity index (χ4v) is 3.28. The van der Waals surface area contributed by atoms with Crippen LogP contribution in [0.25, 0.3) is 0 Å². The molecule has 0 saturated carbocycles. The van der Waals surface area contributed by atoms with E-state index in [1.54, 1.807) is 0 Å². The molecule has 2 aliphatic heterocycles. The summed E-state index contributed by atoms with van der Waals surface area (Å²) >= 11 is 6.30. The Hall–Kier alpha value is -0.840. The first kappa shape index (κ1) is 13.2. The van der Waals surface area contributed by atoms with Gasteiger partial charge in [-0.3, -0.25) is 0 Å². The van der Waals surface area contributed by atoms with Crippen molar-refractivity contribution in [1.29, 1.82) is 0 Å². The minimum atomic E-state index is 0.480. The number of fused-ring (bicyclic) bond motifs is 3. The summed E-state index contributed by atoms with van der Waals surface area (Å²) < 4.78 is 5.45. The lowest BCUT2D eigenvalue weighted by molar-refractivity contribution is 0.131. The highest BCUT2D eigenvalue weighted by molar-refractivity contribution is 6.31. The number of nitrogens with zero attached hydrogens (tertiary/aromatic N) is 2. The van der Waals surface area contributed by atoms with Gasteiger partial charge in [-0.2, -0.15) is 0 Å². The molecule has 1 N–H and O–H groups in total. The van der Waals surface area contributed by atoms with Gasteiger partial charge in [-0.05, 0) is 31.9 Å². The molecular formula is C14H20ClN3O. The van der Waals surface area contributed by atoms with Crippen molar-refractivity contribution in [2.75, 3.05) is 24.6 Å². The van der Waals surface area contributed by atoms with E-state index in [0.717, 1.165) is 36.0 Å². The number of halogens is 1. The van der Waals surface area contributed by atoms with Crippen molar-refractivity contribution in [2.45, 2.75) is 39.0 Å². The Bertz CT molecular complexity index is 480. The quantitative estimate of drug-likeness (QED) is 0.920. The number of aromatic nitrogens is 1. The van der Waals surface area contributed by atoms with E-state index in [9.17, 15) is 0 Å². The number of pyridine rings is 1. The van der Waals surface area contributed by atoms with Crippen LogP contribution in [0, 0.1) is 0 Å². The minimum absolute atomic E-state index is 0.480. The maximum absolute atomic E-state index is 6.30. The molecule has 4 nitrogen and oxygen atoms in total. The van der Waals surface area contributed by atoms with Crippen LogP contribution in [0.1, 0.15) is 25.1 Å². The summed E-state index contributed by atoms with van der Waals surface area (Å²) in [4.78, 5) is 7.21. The van der Waals surface area contributed by atoms with Crippen LogP contribution < -0.4 is 10.2 Å². The molecule has 0 amide bonds. The van der Waals surface area contributed by atoms with Crippen LogP contribution in [0.4, 0.5) is 5.82 Å². The molecule has 104 valence electrons. The lowest BCUT2D eigenvalue weighted by Crippen LogP contribution is -2.55. The zero-order valence-electron chi connectivity index (χ0n) is 11.4. The van der Waals surface area contributed by atoms with Crippen LogP contribution in [-0.2, 0) is 17.8 Å². The van der Waals surface area contributed by atoms with Gasteiger partial charge < -0.3 is 15.0 Å². The molecule has 1 aromatic heterocycles. The monoisotopic (exact) mass is 281 g/mol. The third-order valence-electron chi connectivity index (χ3n) is 3.94. The standard InChI is InChI=1S/C14H20ClN3O/c1-3-19-8-13-12(15)5-10-4-11-7-16-6-9(2)18(11)14(10)17-13/h5,9,11,16H,3-4,6-8H2,1-2H3/t9-,11-/m1/s1. The zero-order chi connectivity index (χ0) is 13.4. The van der Waals surface area contributed by atoms with Crippen molar-refractivity contribution < 1.29 is 4.74 Å². The molecule has 1 fully saturated rings. The fraction of sp³-hybridized carbons (Fsp3) is 0.643. The number of rotatable bonds is 3. The molecule has 3 heterocycles. The lowest BCUT2D eigenvalue weighted by Gasteiger charge is -2.37. The van der Waals surface area contributed by atoms with Crippen molar-refractivity contribution >= 4 is 17.4 Å². The van der Waals surface area contributed by atoms with Crippen LogP contribution in [0.3, 0.4) is 0 Å². The molecule has 1 saturated heterocycles. The van der Waals surface area contributed by atoms with E-state index in [1.807, 2.05) is 6.92 Å². The van der Waals surface area contributed by atoms with Gasteiger partial charge in [0, 0.05) is 31.8 Å². The lowest BCUT2D eigenvalue weighted by atomic mass is 10.1. The van der Waals surface area contributed by atoms with E-state index in [0.29, 0.717) is 25.3 Å². The Morgan fingerprint density at radius 1 is 1.53 bits per heavy atom. The van der Waals surface area contributed by atoms with E-state index in [4.69, 9.17) is 21.3 Å². The molecule has 0 aromatic carbocycles.